The summed E-state index contributed by atoms with van der Waals surface area (Å²) in [5, 5.41) is 35.8. The second kappa shape index (κ2) is 12.3. The van der Waals surface area contributed by atoms with Crippen LogP contribution in [0.25, 0.3) is 0 Å². The van der Waals surface area contributed by atoms with Crippen LogP contribution < -0.4 is 10.6 Å². The summed E-state index contributed by atoms with van der Waals surface area (Å²) in [4.78, 5) is 10.7. The van der Waals surface area contributed by atoms with Gasteiger partial charge in [-0.2, -0.15) is 5.26 Å². The lowest BCUT2D eigenvalue weighted by atomic mass is 9.99. The smallest absolute Gasteiger partial charge is 0.139 e. The summed E-state index contributed by atoms with van der Waals surface area (Å²) in [7, 11) is 0. The van der Waals surface area contributed by atoms with Crippen LogP contribution >= 0.6 is 0 Å². The Labute approximate surface area is 229 Å². The second-order valence-electron chi connectivity index (χ2n) is 9.67. The standard InChI is InChI=1S/C30H34N8O/c1-3-37(27(30(33)34)18-26(32)25-8-4-5-9-29(25)39)20-28-21(2)38(28)24-10-13-35-23(17-24)7-6-14-36-15-11-22(19-31)12-16-36/h4-5,8-10,13,17-18,22,28,32,39H,2-3,11-12,14-16,20H2,1H3,(H3,33,34)/b27-18+,32-26?. The Bertz CT molecular complexity index is 1390. The number of nitriles is 1. The molecule has 2 aliphatic heterocycles. The molecule has 0 aliphatic carbocycles. The van der Waals surface area contributed by atoms with Gasteiger partial charge in [0.15, 0.2) is 0 Å². The van der Waals surface area contributed by atoms with Crippen molar-refractivity contribution in [1.29, 1.82) is 16.1 Å². The molecule has 0 radical (unpaired) electrons. The Kier molecular flexibility index (Phi) is 8.65. The summed E-state index contributed by atoms with van der Waals surface area (Å²) in [6.45, 7) is 9.75. The van der Waals surface area contributed by atoms with Gasteiger partial charge in [-0.15, -0.1) is 0 Å². The van der Waals surface area contributed by atoms with Gasteiger partial charge in [-0.3, -0.25) is 10.3 Å². The maximum Gasteiger partial charge on any atom is 0.139 e. The number of allylic oxidation sites excluding steroid dienone is 1. The molecule has 2 aromatic rings. The van der Waals surface area contributed by atoms with Gasteiger partial charge in [0.25, 0.3) is 0 Å². The number of nitrogens with two attached hydrogens (primary N) is 1. The molecular formula is C30H34N8O. The maximum atomic E-state index is 10.1. The number of phenolic OH excluding ortho intramolecular Hbond substituents is 1. The lowest BCUT2D eigenvalue weighted by Gasteiger charge is -2.26. The largest absolute Gasteiger partial charge is 0.507 e. The highest BCUT2D eigenvalue weighted by molar-refractivity contribution is 6.12. The highest BCUT2D eigenvalue weighted by Crippen LogP contribution is 2.38. The first kappa shape index (κ1) is 27.4. The molecule has 0 bridgehead atoms. The number of benzene rings is 1. The van der Waals surface area contributed by atoms with Crippen LogP contribution in [0.5, 0.6) is 5.75 Å². The van der Waals surface area contributed by atoms with Gasteiger partial charge in [-0.25, -0.2) is 4.98 Å². The first-order chi connectivity index (χ1) is 18.8. The summed E-state index contributed by atoms with van der Waals surface area (Å²) in [6.07, 6.45) is 5.07. The fraction of sp³-hybridized carbons (Fsp3) is 0.333. The van der Waals surface area contributed by atoms with Gasteiger partial charge in [0.05, 0.1) is 30.1 Å². The first-order valence-corrected chi connectivity index (χ1v) is 13.0. The zero-order chi connectivity index (χ0) is 27.9. The third-order valence-electron chi connectivity index (χ3n) is 7.12. The number of hydrogen-bond acceptors (Lipinski definition) is 8. The van der Waals surface area contributed by atoms with Crippen molar-refractivity contribution in [2.45, 2.75) is 25.8 Å². The number of amidine groups is 1. The van der Waals surface area contributed by atoms with E-state index in [1.165, 1.54) is 12.1 Å². The van der Waals surface area contributed by atoms with Crippen molar-refractivity contribution in [2.24, 2.45) is 11.7 Å². The Morgan fingerprint density at radius 3 is 2.69 bits per heavy atom. The molecule has 1 unspecified atom stereocenters. The molecule has 3 heterocycles. The third-order valence-corrected chi connectivity index (χ3v) is 7.12. The highest BCUT2D eigenvalue weighted by Gasteiger charge is 2.41. The third kappa shape index (κ3) is 6.64. The molecule has 2 fully saturated rings. The van der Waals surface area contributed by atoms with Crippen LogP contribution in [0.2, 0.25) is 0 Å². The zero-order valence-electron chi connectivity index (χ0n) is 22.2. The topological polar surface area (TPSA) is 140 Å². The van der Waals surface area contributed by atoms with E-state index in [-0.39, 0.29) is 29.3 Å². The minimum absolute atomic E-state index is 0.00611. The van der Waals surface area contributed by atoms with E-state index < -0.39 is 0 Å². The molecular weight excluding hydrogens is 488 g/mol. The predicted molar refractivity (Wildman–Crippen MR) is 153 cm³/mol. The number of likely N-dealkylation sites (N-methyl/N-ethyl adjacent to an activating group) is 1. The number of rotatable bonds is 9. The highest BCUT2D eigenvalue weighted by atomic mass is 16.3. The van der Waals surface area contributed by atoms with Crippen LogP contribution in [0.4, 0.5) is 5.69 Å². The monoisotopic (exact) mass is 522 g/mol. The minimum Gasteiger partial charge on any atom is -0.507 e. The fourth-order valence-electron chi connectivity index (χ4n) is 4.78. The number of hydrogen-bond donors (Lipinski definition) is 4. The number of aromatic nitrogens is 1. The van der Waals surface area contributed by atoms with E-state index in [4.69, 9.17) is 21.8 Å². The van der Waals surface area contributed by atoms with E-state index in [0.717, 1.165) is 37.3 Å². The number of piperidine rings is 1. The Balaban J connectivity index is 1.42. The summed E-state index contributed by atoms with van der Waals surface area (Å²) in [5.41, 5.74) is 9.38. The zero-order valence-corrected chi connectivity index (χ0v) is 22.2. The number of anilines is 1. The number of nitrogens with one attached hydrogen (secondary N) is 2. The van der Waals surface area contributed by atoms with Gasteiger partial charge in [0.2, 0.25) is 0 Å². The predicted octanol–water partition coefficient (Wildman–Crippen LogP) is 3.29. The number of nitrogens with zero attached hydrogens (tertiary/aromatic N) is 5. The molecule has 2 aliphatic rings. The number of phenols is 1. The van der Waals surface area contributed by atoms with Crippen LogP contribution in [-0.4, -0.2) is 70.2 Å². The Morgan fingerprint density at radius 2 is 2.03 bits per heavy atom. The van der Waals surface area contributed by atoms with Crippen LogP contribution in [-0.2, 0) is 0 Å². The van der Waals surface area contributed by atoms with E-state index >= 15 is 0 Å². The van der Waals surface area contributed by atoms with E-state index in [1.807, 2.05) is 24.0 Å². The molecule has 9 heteroatoms. The van der Waals surface area contributed by atoms with E-state index in [9.17, 15) is 5.11 Å². The number of pyridine rings is 1. The average molecular weight is 523 g/mol. The summed E-state index contributed by atoms with van der Waals surface area (Å²) in [5.74, 6) is 6.40. The van der Waals surface area contributed by atoms with E-state index in [0.29, 0.717) is 36.6 Å². The Morgan fingerprint density at radius 1 is 1.28 bits per heavy atom. The summed E-state index contributed by atoms with van der Waals surface area (Å²) >= 11 is 0. The molecule has 1 atom stereocenters. The maximum absolute atomic E-state index is 10.1. The van der Waals surface area contributed by atoms with Crippen molar-refractivity contribution in [2.75, 3.05) is 37.6 Å². The van der Waals surface area contributed by atoms with Crippen molar-refractivity contribution >= 4 is 17.2 Å². The summed E-state index contributed by atoms with van der Waals surface area (Å²) < 4.78 is 0. The average Bonchev–Trinajstić information content (AvgIpc) is 3.59. The van der Waals surface area contributed by atoms with Crippen LogP contribution in [0, 0.1) is 39.9 Å². The molecule has 1 aromatic carbocycles. The molecule has 200 valence electrons. The normalized spacial score (nSPS) is 17.6. The first-order valence-electron chi connectivity index (χ1n) is 13.0. The molecule has 0 saturated carbocycles. The van der Waals surface area contributed by atoms with Crippen molar-refractivity contribution in [1.82, 2.24) is 14.8 Å². The molecule has 5 N–H and O–H groups in total. The van der Waals surface area contributed by atoms with Crippen LogP contribution in [0.15, 0.2) is 66.6 Å². The van der Waals surface area contributed by atoms with Gasteiger partial charge in [-0.1, -0.05) is 24.6 Å². The Hall–Kier alpha value is -4.60. The van der Waals surface area contributed by atoms with Crippen molar-refractivity contribution in [3.05, 3.63) is 77.9 Å². The van der Waals surface area contributed by atoms with Crippen molar-refractivity contribution in [3.63, 3.8) is 0 Å². The van der Waals surface area contributed by atoms with Gasteiger partial charge < -0.3 is 26.0 Å². The number of aromatic hydroxyl groups is 1. The fourth-order valence-corrected chi connectivity index (χ4v) is 4.78. The molecule has 2 saturated heterocycles. The van der Waals surface area contributed by atoms with Crippen LogP contribution in [0.3, 0.4) is 0 Å². The van der Waals surface area contributed by atoms with E-state index in [1.54, 1.807) is 24.4 Å². The van der Waals surface area contributed by atoms with Gasteiger partial charge >= 0.3 is 0 Å². The van der Waals surface area contributed by atoms with Gasteiger partial charge in [0.1, 0.15) is 17.3 Å². The molecule has 0 spiro atoms. The van der Waals surface area contributed by atoms with Gasteiger partial charge in [-0.05, 0) is 56.0 Å². The van der Waals surface area contributed by atoms with Gasteiger partial charge in [0, 0.05) is 55.2 Å². The second-order valence-corrected chi connectivity index (χ2v) is 9.67. The number of para-hydroxylation sites is 1. The van der Waals surface area contributed by atoms with Crippen LogP contribution in [0.1, 0.15) is 31.0 Å². The molecule has 4 rings (SSSR count). The summed E-state index contributed by atoms with van der Waals surface area (Å²) in [6, 6.07) is 12.9. The molecule has 1 aromatic heterocycles. The molecule has 39 heavy (non-hydrogen) atoms. The SMILES string of the molecule is C=C1C(CN(CC)/C(=C/C(=N)c2ccccc2O)C(=N)N)N1c1ccnc(C#CCN2CCC(C#N)CC2)c1. The lowest BCUT2D eigenvalue weighted by Crippen LogP contribution is -2.35. The van der Waals surface area contributed by atoms with Crippen molar-refractivity contribution in [3.8, 4) is 23.7 Å². The van der Waals surface area contributed by atoms with Crippen molar-refractivity contribution < 1.29 is 5.11 Å². The molecule has 9 nitrogen and oxygen atoms in total. The quantitative estimate of drug-likeness (QED) is 0.171. The number of likely N-dealkylation sites (tertiary alicyclic amines) is 1. The van der Waals surface area contributed by atoms with E-state index in [2.05, 4.69) is 39.3 Å². The minimum atomic E-state index is -0.145. The lowest BCUT2D eigenvalue weighted by molar-refractivity contribution is 0.228. The molecule has 0 amide bonds.